The SMILES string of the molecule is CS(=O)(=O)Nc1cccc(CN=C(N)Nc2cccc3c2CCCC3)c1. The molecule has 0 aliphatic heterocycles. The molecule has 1 aliphatic rings. The van der Waals surface area contributed by atoms with E-state index in [4.69, 9.17) is 5.73 Å². The number of anilines is 2. The predicted molar refractivity (Wildman–Crippen MR) is 107 cm³/mol. The number of hydrogen-bond acceptors (Lipinski definition) is 3. The molecule has 0 aromatic heterocycles. The monoisotopic (exact) mass is 372 g/mol. The van der Waals surface area contributed by atoms with Crippen molar-refractivity contribution in [2.75, 3.05) is 16.3 Å². The van der Waals surface area contributed by atoms with Crippen LogP contribution in [0, 0.1) is 0 Å². The third-order valence-electron chi connectivity index (χ3n) is 4.32. The second-order valence-corrected chi connectivity index (χ2v) is 8.30. The van der Waals surface area contributed by atoms with Gasteiger partial charge in [-0.3, -0.25) is 4.72 Å². The molecule has 0 atom stereocenters. The third-order valence-corrected chi connectivity index (χ3v) is 4.93. The van der Waals surface area contributed by atoms with Gasteiger partial charge in [0.25, 0.3) is 0 Å². The van der Waals surface area contributed by atoms with Crippen molar-refractivity contribution in [1.29, 1.82) is 0 Å². The number of hydrogen-bond donors (Lipinski definition) is 3. The number of nitrogens with two attached hydrogens (primary N) is 1. The Hall–Kier alpha value is -2.54. The van der Waals surface area contributed by atoms with Gasteiger partial charge >= 0.3 is 0 Å². The van der Waals surface area contributed by atoms with Gasteiger partial charge in [0, 0.05) is 11.4 Å². The van der Waals surface area contributed by atoms with E-state index in [0.717, 1.165) is 30.3 Å². The zero-order chi connectivity index (χ0) is 18.6. The summed E-state index contributed by atoms with van der Waals surface area (Å²) in [5, 5.41) is 3.21. The number of aliphatic imine (C=N–C) groups is 1. The van der Waals surface area contributed by atoms with Crippen molar-refractivity contribution in [3.63, 3.8) is 0 Å². The summed E-state index contributed by atoms with van der Waals surface area (Å²) >= 11 is 0. The summed E-state index contributed by atoms with van der Waals surface area (Å²) in [6.07, 6.45) is 5.73. The number of aryl methyl sites for hydroxylation is 1. The van der Waals surface area contributed by atoms with Crippen molar-refractivity contribution in [3.05, 3.63) is 59.2 Å². The summed E-state index contributed by atoms with van der Waals surface area (Å²) < 4.78 is 25.1. The van der Waals surface area contributed by atoms with Crippen LogP contribution in [0.1, 0.15) is 29.5 Å². The third kappa shape index (κ3) is 4.98. The summed E-state index contributed by atoms with van der Waals surface area (Å²) in [4.78, 5) is 4.38. The van der Waals surface area contributed by atoms with Gasteiger partial charge in [-0.15, -0.1) is 0 Å². The lowest BCUT2D eigenvalue weighted by Crippen LogP contribution is -2.24. The molecule has 0 saturated carbocycles. The lowest BCUT2D eigenvalue weighted by molar-refractivity contribution is 0.607. The second kappa shape index (κ2) is 7.78. The molecular formula is C19H24N4O2S. The number of rotatable bonds is 5. The molecule has 26 heavy (non-hydrogen) atoms. The highest BCUT2D eigenvalue weighted by Crippen LogP contribution is 2.27. The molecule has 0 radical (unpaired) electrons. The molecule has 2 aromatic rings. The zero-order valence-electron chi connectivity index (χ0n) is 14.8. The fourth-order valence-corrected chi connectivity index (χ4v) is 3.75. The average molecular weight is 372 g/mol. The molecule has 0 unspecified atom stereocenters. The van der Waals surface area contributed by atoms with Gasteiger partial charge in [-0.05, 0) is 60.6 Å². The molecule has 4 N–H and O–H groups in total. The summed E-state index contributed by atoms with van der Waals surface area (Å²) in [7, 11) is -3.30. The van der Waals surface area contributed by atoms with E-state index in [0.29, 0.717) is 18.2 Å². The molecule has 3 rings (SSSR count). The van der Waals surface area contributed by atoms with Crippen LogP contribution in [0.5, 0.6) is 0 Å². The van der Waals surface area contributed by atoms with Crippen LogP contribution >= 0.6 is 0 Å². The Morgan fingerprint density at radius 1 is 1.15 bits per heavy atom. The van der Waals surface area contributed by atoms with E-state index in [1.54, 1.807) is 18.2 Å². The Balaban J connectivity index is 1.69. The fourth-order valence-electron chi connectivity index (χ4n) is 3.20. The highest BCUT2D eigenvalue weighted by atomic mass is 32.2. The number of guanidine groups is 1. The molecule has 0 amide bonds. The van der Waals surface area contributed by atoms with Crippen LogP contribution < -0.4 is 15.8 Å². The molecule has 0 heterocycles. The lowest BCUT2D eigenvalue weighted by Gasteiger charge is -2.19. The van der Waals surface area contributed by atoms with E-state index >= 15 is 0 Å². The van der Waals surface area contributed by atoms with Crippen LogP contribution in [0.15, 0.2) is 47.5 Å². The van der Waals surface area contributed by atoms with E-state index in [2.05, 4.69) is 21.1 Å². The van der Waals surface area contributed by atoms with Gasteiger partial charge in [0.05, 0.1) is 12.8 Å². The molecule has 7 heteroatoms. The van der Waals surface area contributed by atoms with Gasteiger partial charge in [-0.1, -0.05) is 24.3 Å². The number of nitrogens with one attached hydrogen (secondary N) is 2. The van der Waals surface area contributed by atoms with Crippen LogP contribution in [0.4, 0.5) is 11.4 Å². The molecule has 1 aliphatic carbocycles. The molecule has 0 spiro atoms. The van der Waals surface area contributed by atoms with Crippen molar-refractivity contribution in [1.82, 2.24) is 0 Å². The molecule has 138 valence electrons. The van der Waals surface area contributed by atoms with Crippen LogP contribution in [-0.2, 0) is 29.4 Å². The lowest BCUT2D eigenvalue weighted by atomic mass is 9.90. The van der Waals surface area contributed by atoms with Crippen LogP contribution in [0.25, 0.3) is 0 Å². The first-order chi connectivity index (χ1) is 12.4. The average Bonchev–Trinajstić information content (AvgIpc) is 2.59. The number of benzene rings is 2. The van der Waals surface area contributed by atoms with Gasteiger partial charge in [-0.2, -0.15) is 0 Å². The quantitative estimate of drug-likeness (QED) is 0.555. The summed E-state index contributed by atoms with van der Waals surface area (Å²) in [6.45, 7) is 0.368. The standard InChI is InChI=1S/C19H24N4O2S/c1-26(24,25)23-16-9-4-6-14(12-16)13-21-19(20)22-18-11-5-8-15-7-2-3-10-17(15)18/h4-6,8-9,11-12,23H,2-3,7,10,13H2,1H3,(H3,20,21,22). The smallest absolute Gasteiger partial charge is 0.229 e. The van der Waals surface area contributed by atoms with Crippen LogP contribution in [0.3, 0.4) is 0 Å². The predicted octanol–water partition coefficient (Wildman–Crippen LogP) is 2.86. The molecule has 0 fully saturated rings. The topological polar surface area (TPSA) is 96.6 Å². The van der Waals surface area contributed by atoms with Crippen molar-refractivity contribution >= 4 is 27.4 Å². The van der Waals surface area contributed by atoms with E-state index in [1.807, 2.05) is 18.2 Å². The Labute approximate surface area is 154 Å². The fraction of sp³-hybridized carbons (Fsp3) is 0.316. The van der Waals surface area contributed by atoms with Crippen LogP contribution in [-0.4, -0.2) is 20.6 Å². The van der Waals surface area contributed by atoms with E-state index in [1.165, 1.54) is 24.0 Å². The largest absolute Gasteiger partial charge is 0.370 e. The van der Waals surface area contributed by atoms with Gasteiger partial charge in [0.1, 0.15) is 0 Å². The normalized spacial score (nSPS) is 14.6. The minimum absolute atomic E-state index is 0.352. The first kappa shape index (κ1) is 18.3. The second-order valence-electron chi connectivity index (χ2n) is 6.55. The minimum Gasteiger partial charge on any atom is -0.370 e. The zero-order valence-corrected chi connectivity index (χ0v) is 15.6. The Morgan fingerprint density at radius 3 is 2.73 bits per heavy atom. The first-order valence-electron chi connectivity index (χ1n) is 8.65. The highest BCUT2D eigenvalue weighted by Gasteiger charge is 2.13. The van der Waals surface area contributed by atoms with Crippen molar-refractivity contribution in [2.24, 2.45) is 10.7 Å². The van der Waals surface area contributed by atoms with E-state index < -0.39 is 10.0 Å². The maximum Gasteiger partial charge on any atom is 0.229 e. The minimum atomic E-state index is -3.30. The molecule has 0 bridgehead atoms. The molecule has 0 saturated heterocycles. The van der Waals surface area contributed by atoms with Gasteiger partial charge in [-0.25, -0.2) is 13.4 Å². The van der Waals surface area contributed by atoms with Crippen LogP contribution in [0.2, 0.25) is 0 Å². The maximum absolute atomic E-state index is 11.3. The Bertz CT molecular complexity index is 923. The number of fused-ring (bicyclic) bond motifs is 1. The first-order valence-corrected chi connectivity index (χ1v) is 10.5. The van der Waals surface area contributed by atoms with Crippen molar-refractivity contribution < 1.29 is 8.42 Å². The summed E-state index contributed by atoms with van der Waals surface area (Å²) in [5.41, 5.74) is 11.2. The number of sulfonamides is 1. The Morgan fingerprint density at radius 2 is 1.92 bits per heavy atom. The van der Waals surface area contributed by atoms with Crippen molar-refractivity contribution in [2.45, 2.75) is 32.2 Å². The molecule has 6 nitrogen and oxygen atoms in total. The maximum atomic E-state index is 11.3. The van der Waals surface area contributed by atoms with Crippen molar-refractivity contribution in [3.8, 4) is 0 Å². The molecular weight excluding hydrogens is 348 g/mol. The summed E-state index contributed by atoms with van der Waals surface area (Å²) in [6, 6.07) is 13.4. The highest BCUT2D eigenvalue weighted by molar-refractivity contribution is 7.92. The number of nitrogens with zero attached hydrogens (tertiary/aromatic N) is 1. The Kier molecular flexibility index (Phi) is 5.46. The van der Waals surface area contributed by atoms with E-state index in [9.17, 15) is 8.42 Å². The van der Waals surface area contributed by atoms with E-state index in [-0.39, 0.29) is 0 Å². The molecule has 2 aromatic carbocycles. The summed E-state index contributed by atoms with van der Waals surface area (Å²) in [5.74, 6) is 0.352. The van der Waals surface area contributed by atoms with Gasteiger partial charge < -0.3 is 11.1 Å². The van der Waals surface area contributed by atoms with Gasteiger partial charge in [0.2, 0.25) is 10.0 Å². The van der Waals surface area contributed by atoms with Gasteiger partial charge in [0.15, 0.2) is 5.96 Å².